The maximum atomic E-state index is 13.5. The molecule has 35 heavy (non-hydrogen) atoms. The van der Waals surface area contributed by atoms with Crippen molar-refractivity contribution in [3.63, 3.8) is 0 Å². The van der Waals surface area contributed by atoms with Gasteiger partial charge in [0.2, 0.25) is 0 Å². The van der Waals surface area contributed by atoms with Crippen molar-refractivity contribution < 1.29 is 24.4 Å². The number of nitrogens with zero attached hydrogens (tertiary/aromatic N) is 2. The maximum Gasteiger partial charge on any atom is 0.123 e. The van der Waals surface area contributed by atoms with E-state index in [1.165, 1.54) is 17.7 Å². The lowest BCUT2D eigenvalue weighted by molar-refractivity contribution is 0.141. The Labute approximate surface area is 205 Å². The van der Waals surface area contributed by atoms with Crippen LogP contribution in [0.15, 0.2) is 66.7 Å². The lowest BCUT2D eigenvalue weighted by Crippen LogP contribution is -2.36. The van der Waals surface area contributed by atoms with Crippen molar-refractivity contribution in [2.75, 3.05) is 50.9 Å². The summed E-state index contributed by atoms with van der Waals surface area (Å²) in [5.74, 6) is 0.792. The number of aromatic hydroxyl groups is 1. The molecular formula is C28H33FN2O4. The van der Waals surface area contributed by atoms with Crippen molar-refractivity contribution in [1.29, 1.82) is 0 Å². The number of halogens is 1. The van der Waals surface area contributed by atoms with Crippen LogP contribution in [0.3, 0.4) is 0 Å². The Morgan fingerprint density at radius 1 is 0.914 bits per heavy atom. The molecule has 186 valence electrons. The number of rotatable bonds is 11. The number of aliphatic hydroxyl groups is 2. The number of hydrogen-bond acceptors (Lipinski definition) is 6. The third-order valence-electron chi connectivity index (χ3n) is 6.50. The van der Waals surface area contributed by atoms with E-state index in [9.17, 15) is 9.50 Å². The van der Waals surface area contributed by atoms with Gasteiger partial charge in [0.25, 0.3) is 0 Å². The fourth-order valence-corrected chi connectivity index (χ4v) is 4.72. The van der Waals surface area contributed by atoms with Gasteiger partial charge in [-0.2, -0.15) is 0 Å². The normalized spacial score (nSPS) is 15.3. The van der Waals surface area contributed by atoms with Crippen molar-refractivity contribution in [2.45, 2.75) is 18.9 Å². The summed E-state index contributed by atoms with van der Waals surface area (Å²) in [5, 5.41) is 28.2. The van der Waals surface area contributed by atoms with Crippen LogP contribution in [0.5, 0.6) is 11.5 Å². The largest absolute Gasteiger partial charge is 0.508 e. The fraction of sp³-hybridized carbons (Fsp3) is 0.357. The van der Waals surface area contributed by atoms with Gasteiger partial charge >= 0.3 is 0 Å². The molecule has 3 aromatic carbocycles. The second-order valence-electron chi connectivity index (χ2n) is 8.80. The van der Waals surface area contributed by atoms with E-state index >= 15 is 0 Å². The van der Waals surface area contributed by atoms with Gasteiger partial charge in [0, 0.05) is 31.9 Å². The molecule has 1 unspecified atom stereocenters. The highest BCUT2D eigenvalue weighted by molar-refractivity contribution is 5.53. The highest BCUT2D eigenvalue weighted by atomic mass is 19.1. The molecule has 0 saturated carbocycles. The first kappa shape index (κ1) is 25.0. The smallest absolute Gasteiger partial charge is 0.123 e. The first-order chi connectivity index (χ1) is 17.1. The Balaban J connectivity index is 1.47. The van der Waals surface area contributed by atoms with Crippen LogP contribution in [0, 0.1) is 5.82 Å². The molecule has 0 aromatic heterocycles. The van der Waals surface area contributed by atoms with Gasteiger partial charge in [-0.3, -0.25) is 4.90 Å². The highest BCUT2D eigenvalue weighted by Crippen LogP contribution is 2.37. The molecule has 1 atom stereocenters. The van der Waals surface area contributed by atoms with Crippen LogP contribution >= 0.6 is 0 Å². The second kappa shape index (κ2) is 12.0. The second-order valence-corrected chi connectivity index (χ2v) is 8.80. The monoisotopic (exact) mass is 480 g/mol. The zero-order valence-corrected chi connectivity index (χ0v) is 19.8. The number of phenols is 1. The van der Waals surface area contributed by atoms with Gasteiger partial charge in [-0.1, -0.05) is 18.2 Å². The van der Waals surface area contributed by atoms with Gasteiger partial charge in [0.1, 0.15) is 23.9 Å². The Morgan fingerprint density at radius 2 is 1.63 bits per heavy atom. The molecule has 3 aromatic rings. The zero-order valence-electron chi connectivity index (χ0n) is 19.8. The number of anilines is 1. The molecule has 0 saturated heterocycles. The van der Waals surface area contributed by atoms with Crippen LogP contribution in [-0.2, 0) is 12.8 Å². The van der Waals surface area contributed by atoms with Crippen molar-refractivity contribution in [3.05, 3.63) is 89.2 Å². The summed E-state index contributed by atoms with van der Waals surface area (Å²) in [7, 11) is 0. The van der Waals surface area contributed by atoms with Gasteiger partial charge < -0.3 is 25.0 Å². The van der Waals surface area contributed by atoms with E-state index < -0.39 is 0 Å². The molecule has 0 spiro atoms. The number of aliphatic hydroxyl groups excluding tert-OH is 2. The summed E-state index contributed by atoms with van der Waals surface area (Å²) < 4.78 is 19.4. The van der Waals surface area contributed by atoms with Crippen molar-refractivity contribution >= 4 is 5.69 Å². The molecule has 0 bridgehead atoms. The van der Waals surface area contributed by atoms with Crippen LogP contribution in [0.25, 0.3) is 0 Å². The molecular weight excluding hydrogens is 447 g/mol. The van der Waals surface area contributed by atoms with Gasteiger partial charge in [0.05, 0.1) is 19.3 Å². The first-order valence-corrected chi connectivity index (χ1v) is 12.1. The zero-order chi connectivity index (χ0) is 24.6. The molecule has 1 aliphatic rings. The van der Waals surface area contributed by atoms with Crippen molar-refractivity contribution in [3.8, 4) is 11.5 Å². The summed E-state index contributed by atoms with van der Waals surface area (Å²) in [6.07, 6.45) is 1.57. The molecule has 0 radical (unpaired) electrons. The van der Waals surface area contributed by atoms with Crippen LogP contribution in [0.1, 0.15) is 22.7 Å². The quantitative estimate of drug-likeness (QED) is 0.390. The molecule has 0 amide bonds. The minimum Gasteiger partial charge on any atom is -0.508 e. The first-order valence-electron chi connectivity index (χ1n) is 12.1. The predicted molar refractivity (Wildman–Crippen MR) is 135 cm³/mol. The number of hydrogen-bond donors (Lipinski definition) is 3. The molecule has 4 rings (SSSR count). The Bertz CT molecular complexity index is 1070. The number of phenolic OH excluding ortho intramolecular Hbond substituents is 1. The summed E-state index contributed by atoms with van der Waals surface area (Å²) >= 11 is 0. The van der Waals surface area contributed by atoms with Gasteiger partial charge in [-0.15, -0.1) is 0 Å². The highest BCUT2D eigenvalue weighted by Gasteiger charge is 2.28. The van der Waals surface area contributed by atoms with E-state index in [1.807, 2.05) is 41.3 Å². The molecule has 3 N–H and O–H groups in total. The molecule has 1 aliphatic heterocycles. The Morgan fingerprint density at radius 3 is 2.31 bits per heavy atom. The average Bonchev–Trinajstić information content (AvgIpc) is 2.86. The molecule has 7 heteroatoms. The minimum atomic E-state index is -0.251. The van der Waals surface area contributed by atoms with Gasteiger partial charge in [0.15, 0.2) is 0 Å². The maximum absolute atomic E-state index is 13.5. The van der Waals surface area contributed by atoms with Crippen LogP contribution in [0.4, 0.5) is 10.1 Å². The van der Waals surface area contributed by atoms with E-state index in [0.29, 0.717) is 26.2 Å². The van der Waals surface area contributed by atoms with Crippen LogP contribution in [0.2, 0.25) is 0 Å². The molecule has 6 nitrogen and oxygen atoms in total. The standard InChI is InChI=1S/C28H33FN2O4/c29-23-3-5-24(6-4-23)31-12-11-22-20-25(34)7-10-27(22)28(31)19-21-1-8-26(9-2-21)35-18-15-30(13-16-32)14-17-33/h1-10,20,28,32-34H,11-19H2. The number of ether oxygens (including phenoxy) is 1. The lowest BCUT2D eigenvalue weighted by Gasteiger charge is -2.39. The number of fused-ring (bicyclic) bond motifs is 1. The Kier molecular flexibility index (Phi) is 8.58. The van der Waals surface area contributed by atoms with Crippen LogP contribution in [-0.4, -0.2) is 66.2 Å². The summed E-state index contributed by atoms with van der Waals surface area (Å²) in [6.45, 7) is 2.99. The molecule has 1 heterocycles. The fourth-order valence-electron chi connectivity index (χ4n) is 4.72. The van der Waals surface area contributed by atoms with Crippen molar-refractivity contribution in [2.24, 2.45) is 0 Å². The van der Waals surface area contributed by atoms with E-state index in [2.05, 4.69) is 17.0 Å². The third kappa shape index (κ3) is 6.51. The van der Waals surface area contributed by atoms with Crippen molar-refractivity contribution in [1.82, 2.24) is 4.90 Å². The summed E-state index contributed by atoms with van der Waals surface area (Å²) in [6, 6.07) is 20.3. The van der Waals surface area contributed by atoms with E-state index in [0.717, 1.165) is 42.0 Å². The minimum absolute atomic E-state index is 0.0492. The SMILES string of the molecule is OCCN(CCO)CCOc1ccc(CC2c3ccc(O)cc3CCN2c2ccc(F)cc2)cc1. The van der Waals surface area contributed by atoms with Gasteiger partial charge in [-0.25, -0.2) is 4.39 Å². The van der Waals surface area contributed by atoms with Gasteiger partial charge in [-0.05, 0) is 78.1 Å². The average molecular weight is 481 g/mol. The molecule has 0 fully saturated rings. The third-order valence-corrected chi connectivity index (χ3v) is 6.50. The molecule has 0 aliphatic carbocycles. The summed E-state index contributed by atoms with van der Waals surface area (Å²) in [5.41, 5.74) is 4.44. The van der Waals surface area contributed by atoms with E-state index in [-0.39, 0.29) is 30.8 Å². The topological polar surface area (TPSA) is 76.4 Å². The number of benzene rings is 3. The predicted octanol–water partition coefficient (Wildman–Crippen LogP) is 3.54. The van der Waals surface area contributed by atoms with Crippen LogP contribution < -0.4 is 9.64 Å². The lowest BCUT2D eigenvalue weighted by atomic mass is 9.88. The Hall–Kier alpha value is -3.13. The van der Waals surface area contributed by atoms with E-state index in [1.54, 1.807) is 6.07 Å². The summed E-state index contributed by atoms with van der Waals surface area (Å²) in [4.78, 5) is 4.26. The van der Waals surface area contributed by atoms with E-state index in [4.69, 9.17) is 14.9 Å².